The Labute approximate surface area is 241 Å². The summed E-state index contributed by atoms with van der Waals surface area (Å²) in [5.41, 5.74) is 16.6. The Hall–Kier alpha value is -4.31. The minimum atomic E-state index is 0.0196. The molecule has 0 atom stereocenters. The first kappa shape index (κ1) is 24.5. The maximum absolute atomic E-state index is 5.09. The highest BCUT2D eigenvalue weighted by molar-refractivity contribution is 6.88. The summed E-state index contributed by atoms with van der Waals surface area (Å²) in [6.45, 7) is 15.8. The molecule has 0 N–H and O–H groups in total. The van der Waals surface area contributed by atoms with E-state index in [0.717, 1.165) is 5.52 Å². The molecule has 3 aromatic heterocycles. The van der Waals surface area contributed by atoms with Gasteiger partial charge in [-0.3, -0.25) is 4.98 Å². The highest BCUT2D eigenvalue weighted by Crippen LogP contribution is 2.38. The molecule has 8 rings (SSSR count). The topological polar surface area (TPSA) is 22.8 Å². The molecule has 1 aliphatic rings. The van der Waals surface area contributed by atoms with Crippen LogP contribution in [0.15, 0.2) is 79.0 Å². The van der Waals surface area contributed by atoms with Gasteiger partial charge in [-0.15, -0.1) is 0 Å². The van der Waals surface area contributed by atoms with Crippen LogP contribution in [0.2, 0.25) is 0 Å². The molecule has 0 radical (unpaired) electrons. The van der Waals surface area contributed by atoms with Crippen LogP contribution in [0.5, 0.6) is 0 Å². The third-order valence-electron chi connectivity index (χ3n) is 9.21. The number of hydrogen-bond acceptors (Lipinski definition) is 1. The molecule has 0 saturated heterocycles. The van der Waals surface area contributed by atoms with Crippen LogP contribution in [0, 0.1) is 27.7 Å². The Balaban J connectivity index is 1.58. The van der Waals surface area contributed by atoms with E-state index >= 15 is 0 Å². The van der Waals surface area contributed by atoms with Crippen LogP contribution >= 0.6 is 0 Å². The van der Waals surface area contributed by atoms with Crippen molar-refractivity contribution in [3.63, 3.8) is 0 Å². The zero-order valence-electron chi connectivity index (χ0n) is 24.9. The number of aromatic nitrogens is 3. The van der Waals surface area contributed by atoms with E-state index in [9.17, 15) is 0 Å². The second-order valence-corrected chi connectivity index (χ2v) is 13.2. The van der Waals surface area contributed by atoms with Crippen molar-refractivity contribution in [1.82, 2.24) is 14.0 Å². The highest BCUT2D eigenvalue weighted by Gasteiger charge is 2.37. The number of benzene rings is 4. The number of hydrogen-bond donors (Lipinski definition) is 0. The molecule has 4 aromatic carbocycles. The summed E-state index contributed by atoms with van der Waals surface area (Å²) < 4.78 is 5.13. The van der Waals surface area contributed by atoms with E-state index < -0.39 is 0 Å². The average molecular weight is 532 g/mol. The number of para-hydroxylation sites is 2. The summed E-state index contributed by atoms with van der Waals surface area (Å²) in [5.74, 6) is 0. The molecular formula is C37H34BN3. The van der Waals surface area contributed by atoms with Crippen LogP contribution in [0.4, 0.5) is 0 Å². The van der Waals surface area contributed by atoms with Gasteiger partial charge in [-0.1, -0.05) is 80.4 Å². The van der Waals surface area contributed by atoms with Gasteiger partial charge in [0.15, 0.2) is 0 Å². The van der Waals surface area contributed by atoms with Gasteiger partial charge in [-0.25, -0.2) is 0 Å². The van der Waals surface area contributed by atoms with Gasteiger partial charge in [-0.2, -0.15) is 0 Å². The van der Waals surface area contributed by atoms with Gasteiger partial charge in [-0.05, 0) is 85.0 Å². The second-order valence-electron chi connectivity index (χ2n) is 13.2. The quantitative estimate of drug-likeness (QED) is 0.198. The van der Waals surface area contributed by atoms with E-state index in [0.29, 0.717) is 0 Å². The molecule has 1 aliphatic heterocycles. The fourth-order valence-electron chi connectivity index (χ4n) is 7.54. The van der Waals surface area contributed by atoms with Gasteiger partial charge < -0.3 is 9.05 Å². The fourth-order valence-corrected chi connectivity index (χ4v) is 7.54. The average Bonchev–Trinajstić information content (AvgIpc) is 3.43. The molecule has 200 valence electrons. The second kappa shape index (κ2) is 8.13. The van der Waals surface area contributed by atoms with Crippen LogP contribution in [-0.4, -0.2) is 20.9 Å². The fraction of sp³-hybridized carbons (Fsp3) is 0.216. The molecule has 0 amide bonds. The van der Waals surface area contributed by atoms with Gasteiger partial charge in [0, 0.05) is 39.1 Å². The van der Waals surface area contributed by atoms with Crippen molar-refractivity contribution >= 4 is 61.5 Å². The van der Waals surface area contributed by atoms with Crippen LogP contribution in [0.1, 0.15) is 48.6 Å². The SMILES string of the molecule is Cc1cc(C)c2c(c1)c1cc(C)cc(C)c1n2B1c2ccccc2-n2c3cc(C(C)(C)C)cnc3c3cccc1c32. The lowest BCUT2D eigenvalue weighted by Crippen LogP contribution is -2.53. The first-order chi connectivity index (χ1) is 19.6. The summed E-state index contributed by atoms with van der Waals surface area (Å²) in [4.78, 5) is 5.09. The number of rotatable bonds is 1. The molecule has 3 nitrogen and oxygen atoms in total. The zero-order valence-corrected chi connectivity index (χ0v) is 24.9. The van der Waals surface area contributed by atoms with Crippen LogP contribution in [0.25, 0.3) is 49.4 Å². The van der Waals surface area contributed by atoms with Crippen molar-refractivity contribution in [2.75, 3.05) is 0 Å². The lowest BCUT2D eigenvalue weighted by molar-refractivity contribution is 0.588. The predicted molar refractivity (Wildman–Crippen MR) is 176 cm³/mol. The summed E-state index contributed by atoms with van der Waals surface area (Å²) >= 11 is 0. The van der Waals surface area contributed by atoms with Gasteiger partial charge in [0.25, 0.3) is 0 Å². The van der Waals surface area contributed by atoms with Crippen LogP contribution in [-0.2, 0) is 5.41 Å². The maximum atomic E-state index is 5.09. The van der Waals surface area contributed by atoms with Gasteiger partial charge in [0.2, 0.25) is 0 Å². The first-order valence-electron chi connectivity index (χ1n) is 14.7. The van der Waals surface area contributed by atoms with Crippen molar-refractivity contribution in [3.05, 3.63) is 107 Å². The molecule has 4 heterocycles. The Morgan fingerprint density at radius 1 is 0.659 bits per heavy atom. The van der Waals surface area contributed by atoms with Crippen LogP contribution < -0.4 is 10.9 Å². The van der Waals surface area contributed by atoms with Gasteiger partial charge >= 0.3 is 6.85 Å². The number of pyridine rings is 1. The minimum absolute atomic E-state index is 0.0196. The minimum Gasteiger partial charge on any atom is -0.375 e. The monoisotopic (exact) mass is 531 g/mol. The van der Waals surface area contributed by atoms with E-state index in [4.69, 9.17) is 4.98 Å². The van der Waals surface area contributed by atoms with Crippen molar-refractivity contribution in [3.8, 4) is 5.69 Å². The molecule has 0 unspecified atom stereocenters. The standard InChI is InChI=1S/C37H34BN3/c1-21-15-23(3)34-27(17-21)28-18-22(2)16-24(4)35(28)41(34)38-29-12-8-9-14-31(29)40-32-19-25(37(5,6)7)20-39-33(32)26-11-10-13-30(38)36(26)40/h8-20H,1-7H3. The lowest BCUT2D eigenvalue weighted by Gasteiger charge is -2.29. The van der Waals surface area contributed by atoms with E-state index in [1.54, 1.807) is 0 Å². The van der Waals surface area contributed by atoms with Crippen molar-refractivity contribution in [1.29, 1.82) is 0 Å². The van der Waals surface area contributed by atoms with Crippen LogP contribution in [0.3, 0.4) is 0 Å². The van der Waals surface area contributed by atoms with Crippen molar-refractivity contribution in [2.24, 2.45) is 0 Å². The Morgan fingerprint density at radius 2 is 1.29 bits per heavy atom. The van der Waals surface area contributed by atoms with Gasteiger partial charge in [0.1, 0.15) is 0 Å². The third-order valence-corrected chi connectivity index (χ3v) is 9.21. The summed E-state index contributed by atoms with van der Waals surface area (Å²) in [5, 5.41) is 3.91. The first-order valence-corrected chi connectivity index (χ1v) is 14.7. The normalized spacial score (nSPS) is 13.2. The summed E-state index contributed by atoms with van der Waals surface area (Å²) in [6.07, 6.45) is 2.07. The Kier molecular flexibility index (Phi) is 4.86. The molecule has 0 bridgehead atoms. The lowest BCUT2D eigenvalue weighted by atomic mass is 9.48. The molecule has 0 aliphatic carbocycles. The maximum Gasteiger partial charge on any atom is 0.332 e. The van der Waals surface area contributed by atoms with E-state index in [1.165, 1.54) is 82.7 Å². The molecule has 0 saturated carbocycles. The predicted octanol–water partition coefficient (Wildman–Crippen LogP) is 7.79. The van der Waals surface area contributed by atoms with Crippen molar-refractivity contribution < 1.29 is 0 Å². The zero-order chi connectivity index (χ0) is 28.4. The molecular weight excluding hydrogens is 497 g/mol. The Morgan fingerprint density at radius 3 is 1.95 bits per heavy atom. The van der Waals surface area contributed by atoms with E-state index in [2.05, 4.69) is 137 Å². The molecule has 7 aromatic rings. The molecule has 0 spiro atoms. The molecule has 0 fully saturated rings. The molecule has 41 heavy (non-hydrogen) atoms. The highest BCUT2D eigenvalue weighted by atomic mass is 15.0. The Bertz CT molecular complexity index is 2170. The van der Waals surface area contributed by atoms with E-state index in [-0.39, 0.29) is 12.3 Å². The van der Waals surface area contributed by atoms with E-state index in [1.807, 2.05) is 0 Å². The number of fused-ring (bicyclic) bond motifs is 8. The molecule has 4 heteroatoms. The smallest absolute Gasteiger partial charge is 0.332 e. The third kappa shape index (κ3) is 3.25. The summed E-state index contributed by atoms with van der Waals surface area (Å²) in [7, 11) is 0. The summed E-state index contributed by atoms with van der Waals surface area (Å²) in [6, 6.07) is 27.6. The van der Waals surface area contributed by atoms with Gasteiger partial charge in [0.05, 0.1) is 16.6 Å². The number of nitrogens with zero attached hydrogens (tertiary/aromatic N) is 3. The van der Waals surface area contributed by atoms with Crippen molar-refractivity contribution in [2.45, 2.75) is 53.9 Å². The largest absolute Gasteiger partial charge is 0.375 e. The number of aryl methyl sites for hydroxylation is 4.